The van der Waals surface area contributed by atoms with Crippen molar-refractivity contribution in [1.29, 1.82) is 0 Å². The molecule has 3 N–H and O–H groups in total. The van der Waals surface area contributed by atoms with Gasteiger partial charge in [0.15, 0.2) is 23.1 Å². The summed E-state index contributed by atoms with van der Waals surface area (Å²) in [5.41, 5.74) is 2.73. The number of hydrogen-bond acceptors (Lipinski definition) is 14. The molecule has 1 saturated heterocycles. The topological polar surface area (TPSA) is 182 Å². The number of piperazine rings is 1. The molecule has 1 aromatic carbocycles. The van der Waals surface area contributed by atoms with Gasteiger partial charge in [-0.3, -0.25) is 19.2 Å². The van der Waals surface area contributed by atoms with E-state index in [0.717, 1.165) is 63.8 Å². The highest BCUT2D eigenvalue weighted by Crippen LogP contribution is 2.37. The Morgan fingerprint density at radius 1 is 0.940 bits per heavy atom. The largest absolute Gasteiger partial charge is 0.494 e. The number of aryl methyl sites for hydroxylation is 1. The monoisotopic (exact) mass is 685 g/mol. The number of nitrogens with zero attached hydrogens (tertiary/aromatic N) is 8. The highest BCUT2D eigenvalue weighted by molar-refractivity contribution is 5.99. The van der Waals surface area contributed by atoms with Gasteiger partial charge in [0.1, 0.15) is 25.2 Å². The molecule has 4 heterocycles. The molecule has 0 saturated carbocycles. The van der Waals surface area contributed by atoms with Gasteiger partial charge in [0, 0.05) is 59.2 Å². The fourth-order valence-electron chi connectivity index (χ4n) is 5.47. The molecule has 0 spiro atoms. The first-order valence-electron chi connectivity index (χ1n) is 16.6. The average molecular weight is 686 g/mol. The molecule has 0 aliphatic carbocycles. The predicted octanol–water partition coefficient (Wildman–Crippen LogP) is 3.68. The number of methoxy groups -OCH3 is 1. The molecule has 1 fully saturated rings. The van der Waals surface area contributed by atoms with Crippen LogP contribution in [0.15, 0.2) is 48.9 Å². The van der Waals surface area contributed by atoms with Crippen molar-refractivity contribution in [2.24, 2.45) is 7.05 Å². The van der Waals surface area contributed by atoms with Crippen molar-refractivity contribution in [3.05, 3.63) is 54.6 Å². The SMILES string of the molecule is CNC(=O)c1nnc(Nc2ccc(N3CCN(COC(=O)CCCCCCC=O)CC3)cn2)cc1Nc1cccc(-c2ncn(C)n2)c1OC. The van der Waals surface area contributed by atoms with Crippen molar-refractivity contribution < 1.29 is 23.9 Å². The lowest BCUT2D eigenvalue weighted by Crippen LogP contribution is -2.47. The highest BCUT2D eigenvalue weighted by Gasteiger charge is 2.21. The quantitative estimate of drug-likeness (QED) is 0.0831. The van der Waals surface area contributed by atoms with E-state index in [-0.39, 0.29) is 18.4 Å². The molecule has 4 aromatic rings. The van der Waals surface area contributed by atoms with Gasteiger partial charge >= 0.3 is 5.97 Å². The summed E-state index contributed by atoms with van der Waals surface area (Å²) in [6.45, 7) is 3.34. The molecule has 5 rings (SSSR count). The Bertz CT molecular complexity index is 1740. The number of carbonyl (C=O) groups is 3. The highest BCUT2D eigenvalue weighted by atomic mass is 16.5. The number of benzene rings is 1. The summed E-state index contributed by atoms with van der Waals surface area (Å²) < 4.78 is 12.8. The summed E-state index contributed by atoms with van der Waals surface area (Å²) in [4.78, 5) is 48.5. The maximum Gasteiger partial charge on any atom is 0.307 e. The Labute approximate surface area is 290 Å². The number of pyridine rings is 1. The molecule has 0 atom stereocenters. The van der Waals surface area contributed by atoms with Crippen LogP contribution in [0.4, 0.5) is 28.7 Å². The molecule has 50 heavy (non-hydrogen) atoms. The molecule has 0 bridgehead atoms. The minimum Gasteiger partial charge on any atom is -0.494 e. The third-order valence-electron chi connectivity index (χ3n) is 8.17. The number of aromatic nitrogens is 6. The van der Waals surface area contributed by atoms with E-state index < -0.39 is 5.91 Å². The number of amides is 1. The van der Waals surface area contributed by atoms with E-state index in [1.807, 2.05) is 30.3 Å². The number of unbranched alkanes of at least 4 members (excludes halogenated alkanes) is 4. The molecule has 3 aromatic heterocycles. The Balaban J connectivity index is 1.17. The van der Waals surface area contributed by atoms with Crippen LogP contribution in [0.1, 0.15) is 49.0 Å². The third kappa shape index (κ3) is 9.49. The van der Waals surface area contributed by atoms with Crippen LogP contribution < -0.4 is 25.6 Å². The predicted molar refractivity (Wildman–Crippen MR) is 188 cm³/mol. The Morgan fingerprint density at radius 2 is 1.76 bits per heavy atom. The van der Waals surface area contributed by atoms with Gasteiger partial charge < -0.3 is 35.1 Å². The number of carbonyl (C=O) groups excluding carboxylic acids is 3. The van der Waals surface area contributed by atoms with E-state index in [1.165, 1.54) is 7.05 Å². The molecule has 1 aliphatic rings. The smallest absolute Gasteiger partial charge is 0.307 e. The van der Waals surface area contributed by atoms with Crippen molar-refractivity contribution in [3.63, 3.8) is 0 Å². The second-order valence-corrected chi connectivity index (χ2v) is 11.7. The molecule has 264 valence electrons. The first-order valence-corrected chi connectivity index (χ1v) is 16.6. The van der Waals surface area contributed by atoms with Gasteiger partial charge in [-0.1, -0.05) is 18.9 Å². The van der Waals surface area contributed by atoms with Crippen LogP contribution in [0.2, 0.25) is 0 Å². The van der Waals surface area contributed by atoms with Crippen LogP contribution >= 0.6 is 0 Å². The van der Waals surface area contributed by atoms with Gasteiger partial charge in [0.25, 0.3) is 5.91 Å². The zero-order valence-corrected chi connectivity index (χ0v) is 28.6. The molecule has 16 nitrogen and oxygen atoms in total. The number of anilines is 5. The summed E-state index contributed by atoms with van der Waals surface area (Å²) >= 11 is 0. The van der Waals surface area contributed by atoms with E-state index in [0.29, 0.717) is 53.0 Å². The number of nitrogens with one attached hydrogen (secondary N) is 3. The minimum atomic E-state index is -0.410. The number of rotatable bonds is 17. The van der Waals surface area contributed by atoms with Gasteiger partial charge in [-0.05, 0) is 37.1 Å². The van der Waals surface area contributed by atoms with Crippen molar-refractivity contribution in [2.45, 2.75) is 38.5 Å². The number of aldehydes is 1. The van der Waals surface area contributed by atoms with Crippen LogP contribution in [-0.4, -0.2) is 100 Å². The summed E-state index contributed by atoms with van der Waals surface area (Å²) in [6.07, 6.45) is 8.86. The maximum absolute atomic E-state index is 12.7. The first kappa shape index (κ1) is 35.7. The van der Waals surface area contributed by atoms with Crippen LogP contribution in [0.5, 0.6) is 5.75 Å². The van der Waals surface area contributed by atoms with Crippen LogP contribution in [0, 0.1) is 0 Å². The molecule has 0 unspecified atom stereocenters. The summed E-state index contributed by atoms with van der Waals surface area (Å²) in [5.74, 6) is 1.34. The lowest BCUT2D eigenvalue weighted by atomic mass is 10.1. The van der Waals surface area contributed by atoms with Crippen molar-refractivity contribution in [3.8, 4) is 17.1 Å². The van der Waals surface area contributed by atoms with Gasteiger partial charge in [-0.2, -0.15) is 5.10 Å². The average Bonchev–Trinajstić information content (AvgIpc) is 3.58. The third-order valence-corrected chi connectivity index (χ3v) is 8.17. The normalized spacial score (nSPS) is 13.1. The standard InChI is InChI=1S/C34H43N11O5/c1-35-34(48)31-27(38-26-11-9-10-25(32(26)49-3)33-37-22-43(2)42-33)20-29(40-41-31)39-28-14-13-24(21-36-28)45-17-15-44(16-18-45)23-50-30(47)12-7-5-4-6-8-19-46/h9-11,13-14,19-22H,4-8,12,15-18,23H2,1-3H3,(H,35,48)(H2,36,38,39,40). The lowest BCUT2D eigenvalue weighted by molar-refractivity contribution is -0.148. The molecule has 0 radical (unpaired) electrons. The molecular weight excluding hydrogens is 642 g/mol. The molecule has 1 amide bonds. The van der Waals surface area contributed by atoms with Gasteiger partial charge in [-0.25, -0.2) is 9.97 Å². The lowest BCUT2D eigenvalue weighted by Gasteiger charge is -2.35. The maximum atomic E-state index is 12.7. The fourth-order valence-corrected chi connectivity index (χ4v) is 5.47. The van der Waals surface area contributed by atoms with Gasteiger partial charge in [-0.15, -0.1) is 10.2 Å². The van der Waals surface area contributed by atoms with Crippen molar-refractivity contribution >= 4 is 46.9 Å². The van der Waals surface area contributed by atoms with E-state index in [1.54, 1.807) is 37.4 Å². The van der Waals surface area contributed by atoms with Crippen LogP contribution in [-0.2, 0) is 21.4 Å². The summed E-state index contributed by atoms with van der Waals surface area (Å²) in [5, 5.41) is 21.9. The Morgan fingerprint density at radius 3 is 2.46 bits per heavy atom. The van der Waals surface area contributed by atoms with E-state index in [2.05, 4.69) is 51.0 Å². The van der Waals surface area contributed by atoms with Crippen LogP contribution in [0.25, 0.3) is 11.4 Å². The van der Waals surface area contributed by atoms with Gasteiger partial charge in [0.05, 0.1) is 35.9 Å². The number of ether oxygens (including phenoxy) is 2. The zero-order chi connectivity index (χ0) is 35.3. The molecular formula is C34H43N11O5. The zero-order valence-electron chi connectivity index (χ0n) is 28.6. The van der Waals surface area contributed by atoms with E-state index >= 15 is 0 Å². The fraction of sp³-hybridized carbons (Fsp3) is 0.412. The first-order chi connectivity index (χ1) is 24.4. The second kappa shape index (κ2) is 17.7. The molecule has 16 heteroatoms. The Kier molecular flexibility index (Phi) is 12.6. The van der Waals surface area contributed by atoms with Gasteiger partial charge in [0.2, 0.25) is 0 Å². The Hall–Kier alpha value is -5.64. The summed E-state index contributed by atoms with van der Waals surface area (Å²) in [6, 6.07) is 11.0. The number of para-hydroxylation sites is 1. The number of esters is 1. The van der Waals surface area contributed by atoms with Crippen molar-refractivity contribution in [2.75, 3.05) is 62.6 Å². The van der Waals surface area contributed by atoms with Crippen molar-refractivity contribution in [1.82, 2.24) is 40.2 Å². The van der Waals surface area contributed by atoms with E-state index in [4.69, 9.17) is 9.47 Å². The summed E-state index contributed by atoms with van der Waals surface area (Å²) in [7, 11) is 4.87. The van der Waals surface area contributed by atoms with Crippen LogP contribution in [0.3, 0.4) is 0 Å². The number of hydrogen-bond donors (Lipinski definition) is 3. The minimum absolute atomic E-state index is 0.0982. The molecule has 1 aliphatic heterocycles. The van der Waals surface area contributed by atoms with E-state index in [9.17, 15) is 14.4 Å². The second-order valence-electron chi connectivity index (χ2n) is 11.7.